The molecule has 1 unspecified atom stereocenters. The number of aliphatic hydroxyl groups excluding tert-OH is 1. The Hall–Kier alpha value is -0.720. The summed E-state index contributed by atoms with van der Waals surface area (Å²) in [5.74, 6) is 1.58. The third kappa shape index (κ3) is 3.90. The van der Waals surface area contributed by atoms with E-state index in [0.717, 1.165) is 50.0 Å². The van der Waals surface area contributed by atoms with Gasteiger partial charge in [0.15, 0.2) is 0 Å². The van der Waals surface area contributed by atoms with E-state index in [-0.39, 0.29) is 6.61 Å². The molecular weight excluding hydrogens is 272 g/mol. The van der Waals surface area contributed by atoms with E-state index in [9.17, 15) is 5.11 Å². The first-order chi connectivity index (χ1) is 9.63. The van der Waals surface area contributed by atoms with Crippen molar-refractivity contribution in [3.05, 3.63) is 5.82 Å². The lowest BCUT2D eigenvalue weighted by Crippen LogP contribution is -2.51. The standard InChI is InChI=1S/C14H26N4OS/c1-4-12(10-19)17-5-7-18(8-6-17)14-15-13(16-20-14)9-11(2)3/h11-12,19H,4-10H2,1-3H3. The van der Waals surface area contributed by atoms with Crippen LogP contribution in [-0.2, 0) is 6.42 Å². The number of hydrogen-bond acceptors (Lipinski definition) is 6. The molecule has 1 aliphatic rings. The van der Waals surface area contributed by atoms with Crippen LogP contribution in [0.15, 0.2) is 0 Å². The van der Waals surface area contributed by atoms with Crippen molar-refractivity contribution in [2.45, 2.75) is 39.7 Å². The maximum absolute atomic E-state index is 9.37. The van der Waals surface area contributed by atoms with Crippen LogP contribution < -0.4 is 4.90 Å². The van der Waals surface area contributed by atoms with Gasteiger partial charge >= 0.3 is 0 Å². The Balaban J connectivity index is 1.88. The summed E-state index contributed by atoms with van der Waals surface area (Å²) in [5, 5.41) is 10.4. The molecule has 1 saturated heterocycles. The van der Waals surface area contributed by atoms with Crippen LogP contribution in [0.2, 0.25) is 0 Å². The molecule has 20 heavy (non-hydrogen) atoms. The van der Waals surface area contributed by atoms with Gasteiger partial charge in [-0.1, -0.05) is 20.8 Å². The summed E-state index contributed by atoms with van der Waals surface area (Å²) < 4.78 is 4.45. The zero-order valence-electron chi connectivity index (χ0n) is 12.7. The van der Waals surface area contributed by atoms with Gasteiger partial charge < -0.3 is 10.0 Å². The van der Waals surface area contributed by atoms with Crippen molar-refractivity contribution in [3.63, 3.8) is 0 Å². The van der Waals surface area contributed by atoms with Crippen LogP contribution in [0, 0.1) is 5.92 Å². The first kappa shape index (κ1) is 15.7. The van der Waals surface area contributed by atoms with Gasteiger partial charge in [-0.05, 0) is 12.3 Å². The van der Waals surface area contributed by atoms with Crippen molar-refractivity contribution in [1.29, 1.82) is 0 Å². The number of hydrogen-bond donors (Lipinski definition) is 1. The Morgan fingerprint density at radius 3 is 2.50 bits per heavy atom. The third-order valence-corrected chi connectivity index (χ3v) is 4.65. The summed E-state index contributed by atoms with van der Waals surface area (Å²) in [6.07, 6.45) is 1.97. The zero-order chi connectivity index (χ0) is 14.5. The molecule has 1 fully saturated rings. The van der Waals surface area contributed by atoms with Crippen molar-refractivity contribution >= 4 is 16.7 Å². The second-order valence-electron chi connectivity index (χ2n) is 5.86. The van der Waals surface area contributed by atoms with Crippen LogP contribution in [0.1, 0.15) is 33.0 Å². The number of rotatable bonds is 6. The Morgan fingerprint density at radius 2 is 1.95 bits per heavy atom. The van der Waals surface area contributed by atoms with E-state index in [0.29, 0.717) is 12.0 Å². The second kappa shape index (κ2) is 7.33. The minimum atomic E-state index is 0.258. The van der Waals surface area contributed by atoms with Crippen LogP contribution in [0.3, 0.4) is 0 Å². The molecule has 5 nitrogen and oxygen atoms in total. The Kier molecular flexibility index (Phi) is 5.74. The fraction of sp³-hybridized carbons (Fsp3) is 0.857. The van der Waals surface area contributed by atoms with Gasteiger partial charge in [0.2, 0.25) is 5.13 Å². The topological polar surface area (TPSA) is 52.5 Å². The lowest BCUT2D eigenvalue weighted by Gasteiger charge is -2.38. The highest BCUT2D eigenvalue weighted by atomic mass is 32.1. The van der Waals surface area contributed by atoms with Gasteiger partial charge in [-0.3, -0.25) is 4.90 Å². The SMILES string of the molecule is CCC(CO)N1CCN(c2nc(CC(C)C)ns2)CC1. The molecular formula is C14H26N4OS. The van der Waals surface area contributed by atoms with Gasteiger partial charge in [0.25, 0.3) is 0 Å². The van der Waals surface area contributed by atoms with E-state index in [1.165, 1.54) is 11.5 Å². The number of nitrogens with zero attached hydrogens (tertiary/aromatic N) is 4. The number of anilines is 1. The van der Waals surface area contributed by atoms with Gasteiger partial charge in [0, 0.05) is 50.2 Å². The highest BCUT2D eigenvalue weighted by Crippen LogP contribution is 2.21. The summed E-state index contributed by atoms with van der Waals surface area (Å²) in [6, 6.07) is 0.308. The molecule has 6 heteroatoms. The molecule has 0 saturated carbocycles. The summed E-state index contributed by atoms with van der Waals surface area (Å²) >= 11 is 1.52. The zero-order valence-corrected chi connectivity index (χ0v) is 13.6. The molecule has 0 spiro atoms. The first-order valence-electron chi connectivity index (χ1n) is 7.56. The fourth-order valence-corrected chi connectivity index (χ4v) is 3.35. The van der Waals surface area contributed by atoms with E-state index in [1.807, 2.05) is 0 Å². The normalized spacial score (nSPS) is 18.8. The van der Waals surface area contributed by atoms with Crippen LogP contribution >= 0.6 is 11.5 Å². The summed E-state index contributed by atoms with van der Waals surface area (Å²) in [4.78, 5) is 9.35. The van der Waals surface area contributed by atoms with E-state index in [1.54, 1.807) is 0 Å². The lowest BCUT2D eigenvalue weighted by atomic mass is 10.1. The van der Waals surface area contributed by atoms with Crippen molar-refractivity contribution in [3.8, 4) is 0 Å². The van der Waals surface area contributed by atoms with Crippen LogP contribution in [0.5, 0.6) is 0 Å². The minimum Gasteiger partial charge on any atom is -0.395 e. The van der Waals surface area contributed by atoms with Gasteiger partial charge in [-0.25, -0.2) is 4.98 Å². The molecule has 1 atom stereocenters. The van der Waals surface area contributed by atoms with E-state index >= 15 is 0 Å². The first-order valence-corrected chi connectivity index (χ1v) is 8.33. The number of piperazine rings is 1. The summed E-state index contributed by atoms with van der Waals surface area (Å²) in [5.41, 5.74) is 0. The number of aromatic nitrogens is 2. The van der Waals surface area contributed by atoms with Crippen LogP contribution in [0.4, 0.5) is 5.13 Å². The molecule has 1 aliphatic heterocycles. The Morgan fingerprint density at radius 1 is 1.25 bits per heavy atom. The molecule has 1 N–H and O–H groups in total. The van der Waals surface area contributed by atoms with E-state index in [4.69, 9.17) is 0 Å². The average Bonchev–Trinajstić information content (AvgIpc) is 2.88. The molecule has 0 aromatic carbocycles. The third-order valence-electron chi connectivity index (χ3n) is 3.83. The predicted octanol–water partition coefficient (Wildman–Crippen LogP) is 1.63. The average molecular weight is 298 g/mol. The maximum atomic E-state index is 9.37. The molecule has 0 amide bonds. The monoisotopic (exact) mass is 298 g/mol. The minimum absolute atomic E-state index is 0.258. The van der Waals surface area contributed by atoms with Crippen molar-refractivity contribution in [2.75, 3.05) is 37.7 Å². The van der Waals surface area contributed by atoms with Crippen molar-refractivity contribution in [1.82, 2.24) is 14.3 Å². The number of aliphatic hydroxyl groups is 1. The summed E-state index contributed by atoms with van der Waals surface area (Å²) in [6.45, 7) is 10.7. The van der Waals surface area contributed by atoms with Gasteiger partial charge in [-0.2, -0.15) is 4.37 Å². The Bertz CT molecular complexity index is 398. The Labute approximate surface area is 125 Å². The van der Waals surface area contributed by atoms with Crippen molar-refractivity contribution < 1.29 is 5.11 Å². The smallest absolute Gasteiger partial charge is 0.205 e. The quantitative estimate of drug-likeness (QED) is 0.865. The predicted molar refractivity (Wildman–Crippen MR) is 83.4 cm³/mol. The lowest BCUT2D eigenvalue weighted by molar-refractivity contribution is 0.114. The van der Waals surface area contributed by atoms with Gasteiger partial charge in [0.1, 0.15) is 5.82 Å². The molecule has 1 aromatic heterocycles. The van der Waals surface area contributed by atoms with E-state index in [2.05, 4.69) is 39.9 Å². The van der Waals surface area contributed by atoms with Crippen molar-refractivity contribution in [2.24, 2.45) is 5.92 Å². The summed E-state index contributed by atoms with van der Waals surface area (Å²) in [7, 11) is 0. The van der Waals surface area contributed by atoms with Gasteiger partial charge in [0.05, 0.1) is 6.61 Å². The highest BCUT2D eigenvalue weighted by Gasteiger charge is 2.24. The molecule has 2 heterocycles. The highest BCUT2D eigenvalue weighted by molar-refractivity contribution is 7.09. The van der Waals surface area contributed by atoms with Crippen LogP contribution in [0.25, 0.3) is 0 Å². The molecule has 1 aromatic rings. The maximum Gasteiger partial charge on any atom is 0.205 e. The van der Waals surface area contributed by atoms with E-state index < -0.39 is 0 Å². The van der Waals surface area contributed by atoms with Crippen LogP contribution in [-0.4, -0.2) is 58.2 Å². The molecule has 114 valence electrons. The molecule has 0 radical (unpaired) electrons. The molecule has 2 rings (SSSR count). The largest absolute Gasteiger partial charge is 0.395 e. The second-order valence-corrected chi connectivity index (χ2v) is 6.59. The van der Waals surface area contributed by atoms with Gasteiger partial charge in [-0.15, -0.1) is 0 Å². The molecule has 0 bridgehead atoms. The fourth-order valence-electron chi connectivity index (χ4n) is 2.60. The molecule has 0 aliphatic carbocycles.